The van der Waals surface area contributed by atoms with Gasteiger partial charge in [0.1, 0.15) is 5.50 Å². The second-order valence-electron chi connectivity index (χ2n) is 6.91. The van der Waals surface area contributed by atoms with E-state index in [-0.39, 0.29) is 10.2 Å². The van der Waals surface area contributed by atoms with Gasteiger partial charge in [-0.3, -0.25) is 9.69 Å². The first-order valence-electron chi connectivity index (χ1n) is 7.96. The zero-order valence-electron chi connectivity index (χ0n) is 11.7. The summed E-state index contributed by atoms with van der Waals surface area (Å²) in [4.78, 5) is 15.1. The number of likely N-dealkylation sites (tertiary alicyclic amines) is 1. The van der Waals surface area contributed by atoms with E-state index in [1.165, 1.54) is 38.5 Å². The molecule has 2 saturated carbocycles. The second kappa shape index (κ2) is 4.39. The number of hydrogen-bond acceptors (Lipinski definition) is 3. The molecule has 2 aliphatic carbocycles. The third-order valence-corrected chi connectivity index (χ3v) is 7.59. The number of carbonyl (C=O) groups excluding carboxylic acids is 1. The first-order valence-corrected chi connectivity index (χ1v) is 8.84. The normalized spacial score (nSPS) is 45.0. The predicted octanol–water partition coefficient (Wildman–Crippen LogP) is 2.71. The lowest BCUT2D eigenvalue weighted by Gasteiger charge is -2.38. The molecule has 1 amide bonds. The fraction of sp³-hybridized carbons (Fsp3) is 0.933. The Morgan fingerprint density at radius 2 is 2.05 bits per heavy atom. The Morgan fingerprint density at radius 3 is 2.74 bits per heavy atom. The molecular weight excluding hydrogens is 256 g/mol. The van der Waals surface area contributed by atoms with Gasteiger partial charge in [0.2, 0.25) is 5.91 Å². The predicted molar refractivity (Wildman–Crippen MR) is 77.8 cm³/mol. The van der Waals surface area contributed by atoms with Crippen LogP contribution < -0.4 is 5.32 Å². The van der Waals surface area contributed by atoms with Gasteiger partial charge < -0.3 is 5.32 Å². The molecule has 0 aromatic carbocycles. The molecule has 4 aliphatic rings. The van der Waals surface area contributed by atoms with Gasteiger partial charge in [-0.15, -0.1) is 11.8 Å². The minimum absolute atomic E-state index is 0.0789. The number of thioether (sulfide) groups is 1. The van der Waals surface area contributed by atoms with Gasteiger partial charge in [-0.05, 0) is 44.9 Å². The molecule has 2 aliphatic heterocycles. The maximum atomic E-state index is 12.5. The Kier molecular flexibility index (Phi) is 2.89. The quantitative estimate of drug-likeness (QED) is 0.801. The zero-order chi connectivity index (χ0) is 13.0. The molecule has 0 radical (unpaired) electrons. The van der Waals surface area contributed by atoms with E-state index in [9.17, 15) is 4.79 Å². The van der Waals surface area contributed by atoms with Crippen molar-refractivity contribution in [3.8, 4) is 0 Å². The van der Waals surface area contributed by atoms with E-state index in [1.54, 1.807) is 0 Å². The minimum atomic E-state index is -0.0789. The van der Waals surface area contributed by atoms with Crippen molar-refractivity contribution in [3.05, 3.63) is 0 Å². The summed E-state index contributed by atoms with van der Waals surface area (Å²) in [6, 6.07) is 1.40. The van der Waals surface area contributed by atoms with Crippen LogP contribution in [0.4, 0.5) is 0 Å². The number of rotatable bonds is 1. The van der Waals surface area contributed by atoms with Crippen LogP contribution in [0, 0.1) is 5.92 Å². The lowest BCUT2D eigenvalue weighted by molar-refractivity contribution is -0.124. The van der Waals surface area contributed by atoms with Crippen molar-refractivity contribution in [1.82, 2.24) is 10.2 Å². The number of carbonyl (C=O) groups is 1. The van der Waals surface area contributed by atoms with Crippen LogP contribution in [0.1, 0.15) is 58.3 Å². The fourth-order valence-electron chi connectivity index (χ4n) is 4.83. The van der Waals surface area contributed by atoms with E-state index in [4.69, 9.17) is 0 Å². The van der Waals surface area contributed by atoms with Crippen molar-refractivity contribution in [3.63, 3.8) is 0 Å². The molecule has 2 heterocycles. The molecule has 4 atom stereocenters. The summed E-state index contributed by atoms with van der Waals surface area (Å²) in [6.45, 7) is 2.36. The maximum absolute atomic E-state index is 12.5. The average molecular weight is 280 g/mol. The van der Waals surface area contributed by atoms with Gasteiger partial charge in [0.15, 0.2) is 0 Å². The van der Waals surface area contributed by atoms with Gasteiger partial charge in [-0.1, -0.05) is 19.3 Å². The zero-order valence-corrected chi connectivity index (χ0v) is 12.5. The Labute approximate surface area is 119 Å². The summed E-state index contributed by atoms with van der Waals surface area (Å²) in [5, 5.41) is 3.32. The van der Waals surface area contributed by atoms with Gasteiger partial charge >= 0.3 is 0 Å². The van der Waals surface area contributed by atoms with Crippen molar-refractivity contribution in [2.45, 2.75) is 80.6 Å². The van der Waals surface area contributed by atoms with Crippen LogP contribution in [0.25, 0.3) is 0 Å². The van der Waals surface area contributed by atoms with Crippen LogP contribution in [0.2, 0.25) is 0 Å². The third-order valence-electron chi connectivity index (χ3n) is 5.96. The molecule has 0 aromatic rings. The van der Waals surface area contributed by atoms with Crippen molar-refractivity contribution in [1.29, 1.82) is 0 Å². The number of amides is 1. The molecule has 1 spiro atoms. The highest BCUT2D eigenvalue weighted by Gasteiger charge is 2.54. The molecule has 4 heteroatoms. The van der Waals surface area contributed by atoms with Crippen molar-refractivity contribution in [2.75, 3.05) is 0 Å². The SMILES string of the molecule is C[C@@H]1[C@@H]2CCC(C2)N1C1NC(=O)C2(CCCCC2)S1. The van der Waals surface area contributed by atoms with Crippen LogP contribution in [-0.2, 0) is 4.79 Å². The lowest BCUT2D eigenvalue weighted by Crippen LogP contribution is -2.49. The fourth-order valence-corrected chi connectivity index (χ4v) is 6.59. The second-order valence-corrected chi connectivity index (χ2v) is 8.38. The highest BCUT2D eigenvalue weighted by atomic mass is 32.2. The Hall–Kier alpha value is -0.220. The summed E-state index contributed by atoms with van der Waals surface area (Å²) in [6.07, 6.45) is 10.1. The van der Waals surface area contributed by atoms with Crippen LogP contribution in [0.3, 0.4) is 0 Å². The molecule has 0 aromatic heterocycles. The van der Waals surface area contributed by atoms with E-state index in [0.717, 1.165) is 24.8 Å². The average Bonchev–Trinajstić information content (AvgIpc) is 3.06. The lowest BCUT2D eigenvalue weighted by atomic mass is 9.88. The van der Waals surface area contributed by atoms with Crippen LogP contribution in [-0.4, -0.2) is 33.1 Å². The van der Waals surface area contributed by atoms with E-state index in [1.807, 2.05) is 11.8 Å². The van der Waals surface area contributed by atoms with Crippen molar-refractivity contribution in [2.24, 2.45) is 5.92 Å². The van der Waals surface area contributed by atoms with Gasteiger partial charge in [-0.2, -0.15) is 0 Å². The maximum Gasteiger partial charge on any atom is 0.238 e. The van der Waals surface area contributed by atoms with Crippen LogP contribution in [0.5, 0.6) is 0 Å². The minimum Gasteiger partial charge on any atom is -0.330 e. The van der Waals surface area contributed by atoms with Gasteiger partial charge in [0.25, 0.3) is 0 Å². The first-order chi connectivity index (χ1) is 9.20. The molecule has 1 N–H and O–H groups in total. The number of nitrogens with one attached hydrogen (secondary N) is 1. The van der Waals surface area contributed by atoms with Crippen LogP contribution >= 0.6 is 11.8 Å². The van der Waals surface area contributed by atoms with Gasteiger partial charge in [0.05, 0.1) is 4.75 Å². The molecule has 3 nitrogen and oxygen atoms in total. The highest BCUT2D eigenvalue weighted by molar-refractivity contribution is 8.02. The molecule has 19 heavy (non-hydrogen) atoms. The van der Waals surface area contributed by atoms with E-state index >= 15 is 0 Å². The van der Waals surface area contributed by atoms with Gasteiger partial charge in [0, 0.05) is 12.1 Å². The first kappa shape index (κ1) is 12.5. The number of nitrogens with zero attached hydrogens (tertiary/aromatic N) is 1. The molecule has 2 unspecified atom stereocenters. The highest BCUT2D eigenvalue weighted by Crippen LogP contribution is 2.51. The summed E-state index contributed by atoms with van der Waals surface area (Å²) in [5.74, 6) is 1.21. The molecule has 2 bridgehead atoms. The summed E-state index contributed by atoms with van der Waals surface area (Å²) < 4.78 is -0.0789. The topological polar surface area (TPSA) is 32.3 Å². The monoisotopic (exact) mass is 280 g/mol. The van der Waals surface area contributed by atoms with Crippen molar-refractivity contribution >= 4 is 17.7 Å². The molecule has 4 rings (SSSR count). The van der Waals surface area contributed by atoms with E-state index in [2.05, 4.69) is 17.1 Å². The van der Waals surface area contributed by atoms with Crippen molar-refractivity contribution < 1.29 is 4.79 Å². The largest absolute Gasteiger partial charge is 0.330 e. The van der Waals surface area contributed by atoms with E-state index < -0.39 is 0 Å². The summed E-state index contributed by atoms with van der Waals surface area (Å²) in [5.41, 5.74) is 0.260. The van der Waals surface area contributed by atoms with E-state index in [0.29, 0.717) is 11.9 Å². The third kappa shape index (κ3) is 1.79. The molecule has 2 saturated heterocycles. The van der Waals surface area contributed by atoms with Gasteiger partial charge in [-0.25, -0.2) is 0 Å². The Balaban J connectivity index is 1.53. The number of piperidine rings is 1. The molecule has 106 valence electrons. The smallest absolute Gasteiger partial charge is 0.238 e. The Bertz CT molecular complexity index is 392. The number of fused-ring (bicyclic) bond motifs is 2. The standard InChI is InChI=1S/C15H24N2OS/c1-10-11-5-6-12(9-11)17(10)14-16-13(18)15(19-14)7-3-2-4-8-15/h10-12,14H,2-9H2,1H3,(H,16,18)/t10-,11-,12?,14?/m1/s1. The Morgan fingerprint density at radius 1 is 1.26 bits per heavy atom. The number of hydrogen-bond donors (Lipinski definition) is 1. The van der Waals surface area contributed by atoms with Crippen LogP contribution in [0.15, 0.2) is 0 Å². The molecular formula is C15H24N2OS. The summed E-state index contributed by atoms with van der Waals surface area (Å²) >= 11 is 1.95. The summed E-state index contributed by atoms with van der Waals surface area (Å²) in [7, 11) is 0. The molecule has 4 fully saturated rings.